The molecule has 1 unspecified atom stereocenters. The maximum atomic E-state index is 12.9. The van der Waals surface area contributed by atoms with E-state index in [2.05, 4.69) is 25.4 Å². The fourth-order valence-electron chi connectivity index (χ4n) is 3.54. The van der Waals surface area contributed by atoms with Crippen LogP contribution in [0.4, 0.5) is 13.2 Å². The highest BCUT2D eigenvalue weighted by atomic mass is 19.4. The fourth-order valence-corrected chi connectivity index (χ4v) is 3.54. The lowest BCUT2D eigenvalue weighted by Gasteiger charge is -2.26. The second kappa shape index (κ2) is 6.38. The van der Waals surface area contributed by atoms with E-state index in [1.54, 1.807) is 6.07 Å². The van der Waals surface area contributed by atoms with E-state index in [0.717, 1.165) is 28.9 Å². The van der Waals surface area contributed by atoms with Crippen LogP contribution in [0.15, 0.2) is 36.4 Å². The van der Waals surface area contributed by atoms with Gasteiger partial charge in [0.05, 0.1) is 23.9 Å². The smallest absolute Gasteiger partial charge is 0.371 e. The largest absolute Gasteiger partial charge is 0.416 e. The minimum atomic E-state index is -4.38. The Labute approximate surface area is 162 Å². The van der Waals surface area contributed by atoms with Crippen molar-refractivity contribution in [2.45, 2.75) is 25.7 Å². The zero-order valence-electron chi connectivity index (χ0n) is 15.2. The van der Waals surface area contributed by atoms with E-state index in [1.165, 1.54) is 12.1 Å². The molecule has 0 saturated carbocycles. The third-order valence-electron chi connectivity index (χ3n) is 5.01. The number of aryl methyl sites for hydroxylation is 1. The Morgan fingerprint density at radius 2 is 1.90 bits per heavy atom. The lowest BCUT2D eigenvalue weighted by atomic mass is 10.0. The van der Waals surface area contributed by atoms with Gasteiger partial charge >= 0.3 is 6.18 Å². The molecular formula is C19H15F3N6O. The molecule has 1 aliphatic heterocycles. The summed E-state index contributed by atoms with van der Waals surface area (Å²) in [6, 6.07) is 8.38. The molecule has 4 heterocycles. The Morgan fingerprint density at radius 3 is 2.66 bits per heavy atom. The summed E-state index contributed by atoms with van der Waals surface area (Å²) >= 11 is 0. The molecule has 4 aromatic rings. The van der Waals surface area contributed by atoms with Crippen LogP contribution >= 0.6 is 0 Å². The van der Waals surface area contributed by atoms with Crippen LogP contribution in [0.2, 0.25) is 0 Å². The van der Waals surface area contributed by atoms with Crippen LogP contribution in [0, 0.1) is 6.92 Å². The molecule has 1 N–H and O–H groups in total. The number of hydrogen-bond acceptors (Lipinski definition) is 5. The second-order valence-electron chi connectivity index (χ2n) is 6.87. The number of aromatic nitrogens is 6. The van der Waals surface area contributed by atoms with E-state index in [0.29, 0.717) is 29.5 Å². The third-order valence-corrected chi connectivity index (χ3v) is 5.01. The number of hydrogen-bond donors (Lipinski definition) is 1. The van der Waals surface area contributed by atoms with Crippen molar-refractivity contribution >= 4 is 11.0 Å². The average Bonchev–Trinajstić information content (AvgIpc) is 3.31. The van der Waals surface area contributed by atoms with E-state index in [-0.39, 0.29) is 12.6 Å². The third kappa shape index (κ3) is 2.96. The quantitative estimate of drug-likeness (QED) is 0.555. The molecule has 7 nitrogen and oxygen atoms in total. The molecule has 0 fully saturated rings. The highest BCUT2D eigenvalue weighted by Crippen LogP contribution is 2.33. The number of benzene rings is 1. The van der Waals surface area contributed by atoms with Gasteiger partial charge in [-0.25, -0.2) is 4.98 Å². The van der Waals surface area contributed by atoms with Gasteiger partial charge in [-0.2, -0.15) is 18.3 Å². The molecule has 148 valence electrons. The van der Waals surface area contributed by atoms with Crippen LogP contribution in [0.25, 0.3) is 22.6 Å². The number of nitrogens with one attached hydrogen (secondary N) is 1. The van der Waals surface area contributed by atoms with Crippen molar-refractivity contribution in [3.05, 3.63) is 59.0 Å². The lowest BCUT2D eigenvalue weighted by molar-refractivity contribution is -0.137. The number of ether oxygens (including phenoxy) is 1. The van der Waals surface area contributed by atoms with Crippen molar-refractivity contribution in [2.24, 2.45) is 0 Å². The Hall–Kier alpha value is -3.27. The van der Waals surface area contributed by atoms with Crippen molar-refractivity contribution < 1.29 is 17.9 Å². The normalized spacial score (nSPS) is 16.9. The van der Waals surface area contributed by atoms with Crippen molar-refractivity contribution in [3.63, 3.8) is 0 Å². The van der Waals surface area contributed by atoms with Gasteiger partial charge in [-0.1, -0.05) is 12.1 Å². The molecule has 0 amide bonds. The van der Waals surface area contributed by atoms with Crippen LogP contribution < -0.4 is 0 Å². The molecule has 10 heteroatoms. The zero-order chi connectivity index (χ0) is 20.2. The van der Waals surface area contributed by atoms with Crippen LogP contribution in [0.1, 0.15) is 28.7 Å². The highest BCUT2D eigenvalue weighted by molar-refractivity contribution is 5.79. The van der Waals surface area contributed by atoms with Gasteiger partial charge in [0.1, 0.15) is 23.3 Å². The summed E-state index contributed by atoms with van der Waals surface area (Å²) in [5.41, 5.74) is 2.91. The summed E-state index contributed by atoms with van der Waals surface area (Å²) in [7, 11) is 0. The Bertz CT molecular complexity index is 1200. The molecule has 1 aliphatic rings. The first-order valence-corrected chi connectivity index (χ1v) is 8.92. The summed E-state index contributed by atoms with van der Waals surface area (Å²) in [5, 5.41) is 15.6. The molecule has 5 rings (SSSR count). The summed E-state index contributed by atoms with van der Waals surface area (Å²) in [6.07, 6.45) is -4.38. The number of alkyl halides is 3. The second-order valence-corrected chi connectivity index (χ2v) is 6.87. The molecule has 3 aromatic heterocycles. The molecule has 29 heavy (non-hydrogen) atoms. The van der Waals surface area contributed by atoms with Gasteiger partial charge in [0.15, 0.2) is 11.6 Å². The molecule has 0 aliphatic carbocycles. The van der Waals surface area contributed by atoms with E-state index >= 15 is 0 Å². The highest BCUT2D eigenvalue weighted by Gasteiger charge is 2.32. The number of rotatable bonds is 2. The van der Waals surface area contributed by atoms with Crippen molar-refractivity contribution in [1.29, 1.82) is 0 Å². The van der Waals surface area contributed by atoms with Gasteiger partial charge in [0.2, 0.25) is 0 Å². The van der Waals surface area contributed by atoms with Gasteiger partial charge in [0.25, 0.3) is 0 Å². The summed E-state index contributed by atoms with van der Waals surface area (Å²) < 4.78 is 46.2. The van der Waals surface area contributed by atoms with Gasteiger partial charge in [0, 0.05) is 0 Å². The number of nitrogens with zero attached hydrogens (tertiary/aromatic N) is 5. The van der Waals surface area contributed by atoms with Crippen molar-refractivity contribution in [2.75, 3.05) is 6.61 Å². The van der Waals surface area contributed by atoms with Crippen LogP contribution in [-0.2, 0) is 17.5 Å². The first-order chi connectivity index (χ1) is 13.9. The number of pyridine rings is 1. The topological polar surface area (TPSA) is 81.5 Å². The van der Waals surface area contributed by atoms with E-state index in [4.69, 9.17) is 4.74 Å². The molecule has 1 atom stereocenters. The zero-order valence-corrected chi connectivity index (χ0v) is 15.2. The fraction of sp³-hybridized carbons (Fsp3) is 0.263. The predicted octanol–water partition coefficient (Wildman–Crippen LogP) is 3.66. The molecule has 0 saturated heterocycles. The number of H-pyrrole nitrogens is 1. The number of fused-ring (bicyclic) bond motifs is 2. The van der Waals surface area contributed by atoms with Crippen LogP contribution in [0.3, 0.4) is 0 Å². The predicted molar refractivity (Wildman–Crippen MR) is 96.9 cm³/mol. The Balaban J connectivity index is 1.59. The minimum Gasteiger partial charge on any atom is -0.371 e. The standard InChI is InChI=1S/C19H15F3N6O/c1-10-17-13(25-24-10)6-7-14(23-17)18-27-26-16-9-29-8-15(28(16)18)11-2-4-12(5-3-11)19(20,21)22/h2-7,15H,8-9H2,1H3,(H,24,25). The van der Waals surface area contributed by atoms with E-state index in [9.17, 15) is 13.2 Å². The summed E-state index contributed by atoms with van der Waals surface area (Å²) in [6.45, 7) is 2.46. The molecular weight excluding hydrogens is 385 g/mol. The number of aromatic amines is 1. The lowest BCUT2D eigenvalue weighted by Crippen LogP contribution is -2.25. The van der Waals surface area contributed by atoms with Gasteiger partial charge in [-0.05, 0) is 36.8 Å². The van der Waals surface area contributed by atoms with Crippen molar-refractivity contribution in [1.82, 2.24) is 29.9 Å². The molecule has 0 radical (unpaired) electrons. The average molecular weight is 400 g/mol. The van der Waals surface area contributed by atoms with Gasteiger partial charge in [-0.3, -0.25) is 9.67 Å². The van der Waals surface area contributed by atoms with Gasteiger partial charge < -0.3 is 4.74 Å². The number of halogens is 3. The minimum absolute atomic E-state index is 0.275. The molecule has 0 spiro atoms. The van der Waals surface area contributed by atoms with Gasteiger partial charge in [-0.15, -0.1) is 10.2 Å². The van der Waals surface area contributed by atoms with E-state index < -0.39 is 11.7 Å². The monoisotopic (exact) mass is 400 g/mol. The maximum Gasteiger partial charge on any atom is 0.416 e. The van der Waals surface area contributed by atoms with E-state index in [1.807, 2.05) is 17.6 Å². The first kappa shape index (κ1) is 17.8. The molecule has 0 bridgehead atoms. The molecule has 1 aromatic carbocycles. The van der Waals surface area contributed by atoms with Crippen LogP contribution in [0.5, 0.6) is 0 Å². The van der Waals surface area contributed by atoms with Crippen LogP contribution in [-0.4, -0.2) is 36.6 Å². The summed E-state index contributed by atoms with van der Waals surface area (Å²) in [5.74, 6) is 1.14. The maximum absolute atomic E-state index is 12.9. The summed E-state index contributed by atoms with van der Waals surface area (Å²) in [4.78, 5) is 4.65. The van der Waals surface area contributed by atoms with Crippen molar-refractivity contribution in [3.8, 4) is 11.5 Å². The Kier molecular flexibility index (Phi) is 3.91. The first-order valence-electron chi connectivity index (χ1n) is 8.92. The SMILES string of the molecule is Cc1[nH]nc2ccc(-c3nnc4n3C(c3ccc(C(F)(F)F)cc3)COC4)nc12. The Morgan fingerprint density at radius 1 is 1.10 bits per heavy atom.